The van der Waals surface area contributed by atoms with E-state index in [-0.39, 0.29) is 5.91 Å². The van der Waals surface area contributed by atoms with Gasteiger partial charge in [-0.15, -0.1) is 0 Å². The molecule has 4 heteroatoms. The molecule has 2 heterocycles. The van der Waals surface area contributed by atoms with Crippen LogP contribution in [0, 0.1) is 5.92 Å². The summed E-state index contributed by atoms with van der Waals surface area (Å²) in [7, 11) is 0. The smallest absolute Gasteiger partial charge is 0.292 e. The van der Waals surface area contributed by atoms with Gasteiger partial charge in [0.15, 0.2) is 0 Å². The monoisotopic (exact) mass is 234 g/mol. The fourth-order valence-electron chi connectivity index (χ4n) is 2.98. The maximum Gasteiger partial charge on any atom is 0.292 e. The van der Waals surface area contributed by atoms with Gasteiger partial charge in [-0.1, -0.05) is 19.0 Å². The lowest BCUT2D eigenvalue weighted by molar-refractivity contribution is 0.0661. The molecule has 2 unspecified atom stereocenters. The van der Waals surface area contributed by atoms with Crippen molar-refractivity contribution < 1.29 is 9.32 Å². The number of hydrogen-bond acceptors (Lipinski definition) is 3. The summed E-state index contributed by atoms with van der Waals surface area (Å²) in [5.74, 6) is 1.45. The van der Waals surface area contributed by atoms with Crippen molar-refractivity contribution in [3.05, 3.63) is 17.5 Å². The fourth-order valence-corrected chi connectivity index (χ4v) is 2.98. The van der Waals surface area contributed by atoms with Gasteiger partial charge >= 0.3 is 0 Å². The molecule has 17 heavy (non-hydrogen) atoms. The van der Waals surface area contributed by atoms with Gasteiger partial charge < -0.3 is 9.42 Å². The molecule has 2 aliphatic rings. The van der Waals surface area contributed by atoms with Crippen LogP contribution in [0.2, 0.25) is 0 Å². The first-order valence-electron chi connectivity index (χ1n) is 6.42. The Hall–Kier alpha value is -1.32. The lowest BCUT2D eigenvalue weighted by Gasteiger charge is -2.25. The highest BCUT2D eigenvalue weighted by atomic mass is 16.5. The number of aromatic nitrogens is 1. The molecular weight excluding hydrogens is 216 g/mol. The molecule has 1 aromatic heterocycles. The molecule has 0 aromatic carbocycles. The molecule has 1 saturated heterocycles. The molecular formula is C13H18N2O2. The first kappa shape index (κ1) is 10.8. The van der Waals surface area contributed by atoms with Crippen molar-refractivity contribution in [2.45, 2.75) is 45.1 Å². The second-order valence-corrected chi connectivity index (χ2v) is 5.56. The number of nitrogens with zero attached hydrogens (tertiary/aromatic N) is 2. The van der Waals surface area contributed by atoms with E-state index in [2.05, 4.69) is 5.16 Å². The summed E-state index contributed by atoms with van der Waals surface area (Å²) in [4.78, 5) is 14.2. The molecule has 0 spiro atoms. The lowest BCUT2D eigenvalue weighted by atomic mass is 10.1. The van der Waals surface area contributed by atoms with Crippen LogP contribution in [0.5, 0.6) is 0 Å². The molecule has 2 atom stereocenters. The standard InChI is InChI=1S/C13H18N2O2/c1-8(2)11-6-12(17-14-11)13(16)15-7-9-3-4-10(15)5-9/h6,8-10H,3-5,7H2,1-2H3. The topological polar surface area (TPSA) is 46.3 Å². The summed E-state index contributed by atoms with van der Waals surface area (Å²) in [6, 6.07) is 2.24. The normalized spacial score (nSPS) is 27.1. The lowest BCUT2D eigenvalue weighted by Crippen LogP contribution is -2.37. The average molecular weight is 234 g/mol. The van der Waals surface area contributed by atoms with Crippen molar-refractivity contribution in [2.24, 2.45) is 5.92 Å². The molecule has 2 bridgehead atoms. The summed E-state index contributed by atoms with van der Waals surface area (Å²) in [6.45, 7) is 5.00. The fraction of sp³-hybridized carbons (Fsp3) is 0.692. The molecule has 3 rings (SSSR count). The van der Waals surface area contributed by atoms with E-state index in [4.69, 9.17) is 4.52 Å². The maximum absolute atomic E-state index is 12.3. The van der Waals surface area contributed by atoms with Gasteiger partial charge in [-0.2, -0.15) is 0 Å². The molecule has 0 N–H and O–H groups in total. The Morgan fingerprint density at radius 3 is 2.88 bits per heavy atom. The number of rotatable bonds is 2. The van der Waals surface area contributed by atoms with Crippen LogP contribution < -0.4 is 0 Å². The Balaban J connectivity index is 1.77. The average Bonchev–Trinajstić information content (AvgIpc) is 3.03. The maximum atomic E-state index is 12.3. The highest BCUT2D eigenvalue weighted by molar-refractivity contribution is 5.92. The van der Waals surface area contributed by atoms with Crippen LogP contribution in [-0.4, -0.2) is 28.6 Å². The van der Waals surface area contributed by atoms with E-state index in [1.807, 2.05) is 18.7 Å². The summed E-state index contributed by atoms with van der Waals surface area (Å²) in [5.41, 5.74) is 0.859. The Kier molecular flexibility index (Phi) is 2.45. The zero-order valence-corrected chi connectivity index (χ0v) is 10.3. The molecule has 92 valence electrons. The number of piperidine rings is 1. The van der Waals surface area contributed by atoms with Crippen LogP contribution >= 0.6 is 0 Å². The van der Waals surface area contributed by atoms with E-state index in [1.54, 1.807) is 6.07 Å². The van der Waals surface area contributed by atoms with Gasteiger partial charge in [-0.05, 0) is 31.1 Å². The van der Waals surface area contributed by atoms with Crippen molar-refractivity contribution in [3.63, 3.8) is 0 Å². The third-order valence-corrected chi connectivity index (χ3v) is 4.00. The first-order chi connectivity index (χ1) is 8.15. The zero-order chi connectivity index (χ0) is 12.0. The molecule has 1 saturated carbocycles. The van der Waals surface area contributed by atoms with E-state index in [0.717, 1.165) is 24.6 Å². The van der Waals surface area contributed by atoms with Crippen molar-refractivity contribution in [2.75, 3.05) is 6.54 Å². The molecule has 1 aliphatic heterocycles. The third kappa shape index (κ3) is 1.75. The van der Waals surface area contributed by atoms with Gasteiger partial charge in [-0.25, -0.2) is 0 Å². The molecule has 1 aromatic rings. The Morgan fingerprint density at radius 2 is 2.35 bits per heavy atom. The number of carbonyl (C=O) groups excluding carboxylic acids is 1. The van der Waals surface area contributed by atoms with Crippen molar-refractivity contribution in [1.82, 2.24) is 10.1 Å². The van der Waals surface area contributed by atoms with Gasteiger partial charge in [0, 0.05) is 18.7 Å². The van der Waals surface area contributed by atoms with E-state index < -0.39 is 0 Å². The number of likely N-dealkylation sites (tertiary alicyclic amines) is 1. The zero-order valence-electron chi connectivity index (χ0n) is 10.3. The highest BCUT2D eigenvalue weighted by Gasteiger charge is 2.41. The van der Waals surface area contributed by atoms with E-state index in [9.17, 15) is 4.79 Å². The Bertz CT molecular complexity index is 438. The predicted octanol–water partition coefficient (Wildman–Crippen LogP) is 2.42. The van der Waals surface area contributed by atoms with Crippen LogP contribution in [0.4, 0.5) is 0 Å². The molecule has 4 nitrogen and oxygen atoms in total. The minimum atomic E-state index is 0.0246. The van der Waals surface area contributed by atoms with E-state index in [0.29, 0.717) is 17.7 Å². The van der Waals surface area contributed by atoms with Crippen LogP contribution in [0.25, 0.3) is 0 Å². The van der Waals surface area contributed by atoms with Gasteiger partial charge in [0.1, 0.15) is 0 Å². The molecule has 0 radical (unpaired) electrons. The van der Waals surface area contributed by atoms with E-state index >= 15 is 0 Å². The van der Waals surface area contributed by atoms with E-state index in [1.165, 1.54) is 12.8 Å². The Morgan fingerprint density at radius 1 is 1.53 bits per heavy atom. The minimum Gasteiger partial charge on any atom is -0.351 e. The molecule has 1 aliphatic carbocycles. The van der Waals surface area contributed by atoms with Gasteiger partial charge in [0.25, 0.3) is 5.91 Å². The van der Waals surface area contributed by atoms with Crippen molar-refractivity contribution >= 4 is 5.91 Å². The quantitative estimate of drug-likeness (QED) is 0.789. The van der Waals surface area contributed by atoms with Crippen molar-refractivity contribution in [1.29, 1.82) is 0 Å². The van der Waals surface area contributed by atoms with Crippen LogP contribution in [0.15, 0.2) is 10.6 Å². The van der Waals surface area contributed by atoms with Crippen LogP contribution in [0.1, 0.15) is 55.3 Å². The summed E-state index contributed by atoms with van der Waals surface area (Å²) in [6.07, 6.45) is 3.61. The number of carbonyl (C=O) groups is 1. The SMILES string of the molecule is CC(C)c1cc(C(=O)N2CC3CCC2C3)on1. The van der Waals surface area contributed by atoms with Gasteiger partial charge in [-0.3, -0.25) is 4.79 Å². The molecule has 1 amide bonds. The minimum absolute atomic E-state index is 0.0246. The predicted molar refractivity (Wildman–Crippen MR) is 62.8 cm³/mol. The summed E-state index contributed by atoms with van der Waals surface area (Å²) < 4.78 is 5.17. The second-order valence-electron chi connectivity index (χ2n) is 5.56. The van der Waals surface area contributed by atoms with Crippen LogP contribution in [0.3, 0.4) is 0 Å². The Labute approximate surface area is 101 Å². The second kappa shape index (κ2) is 3.86. The van der Waals surface area contributed by atoms with Gasteiger partial charge in [0.05, 0.1) is 5.69 Å². The number of hydrogen-bond donors (Lipinski definition) is 0. The van der Waals surface area contributed by atoms with Crippen molar-refractivity contribution in [3.8, 4) is 0 Å². The number of amides is 1. The first-order valence-corrected chi connectivity index (χ1v) is 6.42. The third-order valence-electron chi connectivity index (χ3n) is 4.00. The largest absolute Gasteiger partial charge is 0.351 e. The number of fused-ring (bicyclic) bond motifs is 2. The molecule has 2 fully saturated rings. The van der Waals surface area contributed by atoms with Crippen LogP contribution in [-0.2, 0) is 0 Å². The highest BCUT2D eigenvalue weighted by Crippen LogP contribution is 2.38. The summed E-state index contributed by atoms with van der Waals surface area (Å²) in [5, 5.41) is 3.95. The summed E-state index contributed by atoms with van der Waals surface area (Å²) >= 11 is 0. The van der Waals surface area contributed by atoms with Gasteiger partial charge in [0.2, 0.25) is 5.76 Å².